The van der Waals surface area contributed by atoms with Crippen LogP contribution in [0.25, 0.3) is 0 Å². The summed E-state index contributed by atoms with van der Waals surface area (Å²) in [6.07, 6.45) is 1.73. The van der Waals surface area contributed by atoms with Gasteiger partial charge in [0.25, 0.3) is 5.91 Å². The molecular formula is C23H23N3O3. The fourth-order valence-electron chi connectivity index (χ4n) is 2.64. The lowest BCUT2D eigenvalue weighted by Crippen LogP contribution is -2.13. The van der Waals surface area contributed by atoms with Crippen molar-refractivity contribution in [1.82, 2.24) is 4.98 Å². The molecule has 1 amide bonds. The van der Waals surface area contributed by atoms with Crippen molar-refractivity contribution in [2.24, 2.45) is 0 Å². The molecule has 2 N–H and O–H groups in total. The molecule has 0 saturated carbocycles. The normalized spacial score (nSPS) is 10.5. The SMILES string of the molecule is CC(=O)c1ccc(NC(=O)c2ccc(Nc3ccc(OC(C)C)cc3)cn2)cc1. The standard InChI is InChI=1S/C23H23N3O3/c1-15(2)29-21-11-8-18(9-12-21)25-20-10-13-22(24-14-20)23(28)26-19-6-4-17(5-7-19)16(3)27/h4-15,25H,1-3H3,(H,26,28). The Morgan fingerprint density at radius 1 is 0.862 bits per heavy atom. The number of nitrogens with one attached hydrogen (secondary N) is 2. The first-order chi connectivity index (χ1) is 13.9. The van der Waals surface area contributed by atoms with E-state index in [9.17, 15) is 9.59 Å². The molecule has 0 aliphatic carbocycles. The second-order valence-corrected chi connectivity index (χ2v) is 6.84. The molecule has 6 nitrogen and oxygen atoms in total. The second-order valence-electron chi connectivity index (χ2n) is 6.84. The van der Waals surface area contributed by atoms with Crippen LogP contribution in [-0.2, 0) is 0 Å². The van der Waals surface area contributed by atoms with Gasteiger partial charge in [0.1, 0.15) is 11.4 Å². The molecule has 0 atom stereocenters. The molecule has 148 valence electrons. The number of pyridine rings is 1. The van der Waals surface area contributed by atoms with Gasteiger partial charge in [0, 0.05) is 16.9 Å². The second kappa shape index (κ2) is 9.01. The van der Waals surface area contributed by atoms with E-state index in [2.05, 4.69) is 15.6 Å². The van der Waals surface area contributed by atoms with Crippen molar-refractivity contribution >= 4 is 28.8 Å². The maximum Gasteiger partial charge on any atom is 0.274 e. The van der Waals surface area contributed by atoms with Gasteiger partial charge in [-0.05, 0) is 81.4 Å². The lowest BCUT2D eigenvalue weighted by Gasteiger charge is -2.11. The minimum atomic E-state index is -0.317. The molecule has 29 heavy (non-hydrogen) atoms. The van der Waals surface area contributed by atoms with E-state index in [-0.39, 0.29) is 17.8 Å². The first-order valence-electron chi connectivity index (χ1n) is 9.33. The summed E-state index contributed by atoms with van der Waals surface area (Å²) >= 11 is 0. The Labute approximate surface area is 169 Å². The average molecular weight is 389 g/mol. The van der Waals surface area contributed by atoms with Crippen LogP contribution in [0.1, 0.15) is 41.6 Å². The van der Waals surface area contributed by atoms with Crippen molar-refractivity contribution in [3.63, 3.8) is 0 Å². The van der Waals surface area contributed by atoms with Crippen LogP contribution in [0.5, 0.6) is 5.75 Å². The van der Waals surface area contributed by atoms with E-state index in [1.807, 2.05) is 38.1 Å². The largest absolute Gasteiger partial charge is 0.491 e. The fourth-order valence-corrected chi connectivity index (χ4v) is 2.64. The topological polar surface area (TPSA) is 80.3 Å². The number of hydrogen-bond acceptors (Lipinski definition) is 5. The summed E-state index contributed by atoms with van der Waals surface area (Å²) in [4.78, 5) is 27.9. The van der Waals surface area contributed by atoms with Crippen molar-refractivity contribution in [2.45, 2.75) is 26.9 Å². The zero-order valence-electron chi connectivity index (χ0n) is 16.6. The van der Waals surface area contributed by atoms with Gasteiger partial charge in [0.05, 0.1) is 18.0 Å². The van der Waals surface area contributed by atoms with Crippen LogP contribution in [0.3, 0.4) is 0 Å². The van der Waals surface area contributed by atoms with Crippen LogP contribution in [0.2, 0.25) is 0 Å². The number of benzene rings is 2. The molecule has 3 rings (SSSR count). The highest BCUT2D eigenvalue weighted by Crippen LogP contribution is 2.20. The molecule has 0 aliphatic rings. The molecule has 0 radical (unpaired) electrons. The van der Waals surface area contributed by atoms with Crippen LogP contribution in [-0.4, -0.2) is 22.8 Å². The third-order valence-electron chi connectivity index (χ3n) is 4.06. The van der Waals surface area contributed by atoms with Crippen molar-refractivity contribution in [3.8, 4) is 5.75 Å². The van der Waals surface area contributed by atoms with Gasteiger partial charge in [-0.25, -0.2) is 4.98 Å². The van der Waals surface area contributed by atoms with E-state index in [4.69, 9.17) is 4.74 Å². The Bertz CT molecular complexity index is 979. The van der Waals surface area contributed by atoms with Crippen LogP contribution in [0, 0.1) is 0 Å². The maximum absolute atomic E-state index is 12.4. The van der Waals surface area contributed by atoms with Gasteiger partial charge >= 0.3 is 0 Å². The van der Waals surface area contributed by atoms with E-state index in [1.165, 1.54) is 6.92 Å². The lowest BCUT2D eigenvalue weighted by atomic mass is 10.1. The smallest absolute Gasteiger partial charge is 0.274 e. The number of anilines is 3. The summed E-state index contributed by atoms with van der Waals surface area (Å²) in [5, 5.41) is 6.00. The molecule has 0 bridgehead atoms. The molecule has 0 spiro atoms. The zero-order chi connectivity index (χ0) is 20.8. The fraction of sp³-hybridized carbons (Fsp3) is 0.174. The zero-order valence-corrected chi connectivity index (χ0v) is 16.6. The quantitative estimate of drug-likeness (QED) is 0.552. The molecule has 1 heterocycles. The van der Waals surface area contributed by atoms with E-state index in [0.29, 0.717) is 16.9 Å². The molecule has 0 fully saturated rings. The first kappa shape index (κ1) is 20.1. The van der Waals surface area contributed by atoms with Crippen LogP contribution in [0.15, 0.2) is 66.9 Å². The third kappa shape index (κ3) is 5.65. The van der Waals surface area contributed by atoms with Gasteiger partial charge < -0.3 is 15.4 Å². The van der Waals surface area contributed by atoms with E-state index in [0.717, 1.165) is 17.1 Å². The van der Waals surface area contributed by atoms with Gasteiger partial charge in [-0.1, -0.05) is 0 Å². The summed E-state index contributed by atoms with van der Waals surface area (Å²) in [5.74, 6) is 0.476. The molecule has 1 aromatic heterocycles. The highest BCUT2D eigenvalue weighted by atomic mass is 16.5. The number of ketones is 1. The first-order valence-corrected chi connectivity index (χ1v) is 9.33. The Hall–Kier alpha value is -3.67. The van der Waals surface area contributed by atoms with Gasteiger partial charge in [-0.15, -0.1) is 0 Å². The van der Waals surface area contributed by atoms with Crippen LogP contribution < -0.4 is 15.4 Å². The summed E-state index contributed by atoms with van der Waals surface area (Å²) in [7, 11) is 0. The number of hydrogen-bond donors (Lipinski definition) is 2. The average Bonchev–Trinajstić information content (AvgIpc) is 2.70. The minimum absolute atomic E-state index is 0.0188. The highest BCUT2D eigenvalue weighted by molar-refractivity contribution is 6.03. The molecule has 3 aromatic rings. The number of nitrogens with zero attached hydrogens (tertiary/aromatic N) is 1. The lowest BCUT2D eigenvalue weighted by molar-refractivity contribution is 0.101. The van der Waals surface area contributed by atoms with Crippen molar-refractivity contribution in [1.29, 1.82) is 0 Å². The minimum Gasteiger partial charge on any atom is -0.491 e. The Morgan fingerprint density at radius 3 is 2.03 bits per heavy atom. The monoisotopic (exact) mass is 389 g/mol. The molecule has 0 unspecified atom stereocenters. The Balaban J connectivity index is 1.60. The maximum atomic E-state index is 12.4. The van der Waals surface area contributed by atoms with Crippen molar-refractivity contribution < 1.29 is 14.3 Å². The van der Waals surface area contributed by atoms with E-state index >= 15 is 0 Å². The summed E-state index contributed by atoms with van der Waals surface area (Å²) in [6.45, 7) is 5.47. The molecular weight excluding hydrogens is 366 g/mol. The Kier molecular flexibility index (Phi) is 6.24. The molecule has 0 saturated heterocycles. The number of carbonyl (C=O) groups excluding carboxylic acids is 2. The Morgan fingerprint density at radius 2 is 1.48 bits per heavy atom. The van der Waals surface area contributed by atoms with Gasteiger partial charge in [-0.2, -0.15) is 0 Å². The predicted octanol–water partition coefficient (Wildman–Crippen LogP) is 5.07. The van der Waals surface area contributed by atoms with Crippen molar-refractivity contribution in [3.05, 3.63) is 78.1 Å². The number of ether oxygens (including phenoxy) is 1. The van der Waals surface area contributed by atoms with E-state index in [1.54, 1.807) is 42.6 Å². The van der Waals surface area contributed by atoms with Crippen LogP contribution >= 0.6 is 0 Å². The number of Topliss-reactive ketones (excluding diaryl/α,β-unsaturated/α-hetero) is 1. The van der Waals surface area contributed by atoms with E-state index < -0.39 is 0 Å². The summed E-state index contributed by atoms with van der Waals surface area (Å²) in [5.41, 5.74) is 3.16. The molecule has 2 aromatic carbocycles. The molecule has 6 heteroatoms. The number of rotatable bonds is 7. The van der Waals surface area contributed by atoms with Gasteiger partial charge in [0.2, 0.25) is 0 Å². The summed E-state index contributed by atoms with van der Waals surface area (Å²) < 4.78 is 5.63. The van der Waals surface area contributed by atoms with Crippen LogP contribution in [0.4, 0.5) is 17.1 Å². The van der Waals surface area contributed by atoms with Gasteiger partial charge in [-0.3, -0.25) is 9.59 Å². The third-order valence-corrected chi connectivity index (χ3v) is 4.06. The van der Waals surface area contributed by atoms with Crippen molar-refractivity contribution in [2.75, 3.05) is 10.6 Å². The predicted molar refractivity (Wildman–Crippen MR) is 114 cm³/mol. The number of aromatic nitrogens is 1. The highest BCUT2D eigenvalue weighted by Gasteiger charge is 2.08. The van der Waals surface area contributed by atoms with Gasteiger partial charge in [0.15, 0.2) is 5.78 Å². The number of carbonyl (C=O) groups is 2. The summed E-state index contributed by atoms with van der Waals surface area (Å²) in [6, 6.07) is 17.8. The number of amides is 1. The molecule has 0 aliphatic heterocycles.